The van der Waals surface area contributed by atoms with Crippen LogP contribution < -0.4 is 21.1 Å². The number of benzene rings is 2. The lowest BCUT2D eigenvalue weighted by atomic mass is 9.85. The van der Waals surface area contributed by atoms with Crippen LogP contribution in [0.3, 0.4) is 0 Å². The third-order valence-electron chi connectivity index (χ3n) is 6.72. The molecule has 2 aromatic carbocycles. The lowest BCUT2D eigenvalue weighted by molar-refractivity contribution is -0.182. The summed E-state index contributed by atoms with van der Waals surface area (Å²) in [6.07, 6.45) is -7.07. The molecule has 1 amide bonds. The summed E-state index contributed by atoms with van der Waals surface area (Å²) >= 11 is 6.16. The smallest absolute Gasteiger partial charge is 0.391 e. The standard InChI is InChI=1S/C25H26ClF6N5O2/c1-37-20-9-21(39-11-22(28)29)15(23(38)34-14-4-2-13(3-5-14)25(30,31)32)7-19(20)36-24(37)35-18-6-12(10-33)17(27)8-16(18)26/h6-9,13-14,22H,2-5,10-11,33H2,1H3,(H,34,38)(H,35,36)/t13-,14-. The summed E-state index contributed by atoms with van der Waals surface area (Å²) < 4.78 is 85.6. The number of anilines is 2. The van der Waals surface area contributed by atoms with Gasteiger partial charge in [0.15, 0.2) is 0 Å². The molecule has 1 saturated carbocycles. The molecule has 0 saturated heterocycles. The van der Waals surface area contributed by atoms with Crippen molar-refractivity contribution in [3.8, 4) is 5.75 Å². The number of nitrogens with two attached hydrogens (primary N) is 1. The van der Waals surface area contributed by atoms with E-state index >= 15 is 0 Å². The van der Waals surface area contributed by atoms with Crippen molar-refractivity contribution in [2.45, 2.75) is 50.9 Å². The van der Waals surface area contributed by atoms with E-state index in [1.807, 2.05) is 0 Å². The Kier molecular flexibility index (Phi) is 8.50. The highest BCUT2D eigenvalue weighted by Gasteiger charge is 2.41. The Morgan fingerprint density at radius 2 is 1.90 bits per heavy atom. The third kappa shape index (κ3) is 6.52. The van der Waals surface area contributed by atoms with Crippen LogP contribution in [0.4, 0.5) is 38.0 Å². The molecule has 39 heavy (non-hydrogen) atoms. The first-order chi connectivity index (χ1) is 18.4. The van der Waals surface area contributed by atoms with E-state index in [1.165, 1.54) is 18.2 Å². The largest absolute Gasteiger partial charge is 0.487 e. The minimum absolute atomic E-state index is 0.0676. The Morgan fingerprint density at radius 1 is 1.21 bits per heavy atom. The van der Waals surface area contributed by atoms with Gasteiger partial charge in [-0.05, 0) is 43.9 Å². The molecule has 4 N–H and O–H groups in total. The van der Waals surface area contributed by atoms with Crippen molar-refractivity contribution in [1.29, 1.82) is 0 Å². The number of ether oxygens (including phenoxy) is 1. The Bertz CT molecular complexity index is 1360. The van der Waals surface area contributed by atoms with Crippen LogP contribution in [0.15, 0.2) is 24.3 Å². The van der Waals surface area contributed by atoms with Gasteiger partial charge in [0.05, 0.1) is 33.2 Å². The molecule has 0 bridgehead atoms. The fourth-order valence-corrected chi connectivity index (χ4v) is 4.77. The fourth-order valence-electron chi connectivity index (χ4n) is 4.58. The zero-order valence-electron chi connectivity index (χ0n) is 20.7. The molecule has 3 aromatic rings. The Labute approximate surface area is 224 Å². The van der Waals surface area contributed by atoms with Crippen LogP contribution >= 0.6 is 11.6 Å². The van der Waals surface area contributed by atoms with Crippen molar-refractivity contribution in [1.82, 2.24) is 14.9 Å². The minimum Gasteiger partial charge on any atom is -0.487 e. The molecule has 7 nitrogen and oxygen atoms in total. The summed E-state index contributed by atoms with van der Waals surface area (Å²) in [7, 11) is 1.62. The Hall–Kier alpha value is -3.19. The molecule has 1 heterocycles. The molecule has 0 atom stereocenters. The number of hydrogen-bond donors (Lipinski definition) is 3. The molecule has 1 aliphatic rings. The Balaban J connectivity index is 1.62. The molecule has 0 radical (unpaired) electrons. The number of halogens is 7. The van der Waals surface area contributed by atoms with Gasteiger partial charge in [-0.15, -0.1) is 0 Å². The molecule has 14 heteroatoms. The van der Waals surface area contributed by atoms with Gasteiger partial charge in [-0.25, -0.2) is 18.2 Å². The van der Waals surface area contributed by atoms with Crippen LogP contribution in [0.1, 0.15) is 41.6 Å². The number of amides is 1. The zero-order valence-corrected chi connectivity index (χ0v) is 21.5. The quantitative estimate of drug-likeness (QED) is 0.283. The average molecular weight is 578 g/mol. The second kappa shape index (κ2) is 11.5. The van der Waals surface area contributed by atoms with Crippen LogP contribution in [-0.2, 0) is 13.6 Å². The van der Waals surface area contributed by atoms with Crippen molar-refractivity contribution in [2.24, 2.45) is 18.7 Å². The van der Waals surface area contributed by atoms with Crippen LogP contribution in [0.25, 0.3) is 11.0 Å². The number of fused-ring (bicyclic) bond motifs is 1. The zero-order chi connectivity index (χ0) is 28.5. The summed E-state index contributed by atoms with van der Waals surface area (Å²) in [5.74, 6) is -2.55. The van der Waals surface area contributed by atoms with Gasteiger partial charge in [-0.2, -0.15) is 13.2 Å². The average Bonchev–Trinajstić information content (AvgIpc) is 3.17. The lowest BCUT2D eigenvalue weighted by Gasteiger charge is -2.30. The van der Waals surface area contributed by atoms with Crippen LogP contribution in [0.2, 0.25) is 5.02 Å². The number of aromatic nitrogens is 2. The van der Waals surface area contributed by atoms with Crippen LogP contribution in [0.5, 0.6) is 5.75 Å². The maximum absolute atomic E-state index is 14.0. The number of imidazole rings is 1. The molecule has 212 valence electrons. The van der Waals surface area contributed by atoms with E-state index in [9.17, 15) is 31.1 Å². The SMILES string of the molecule is Cn1c(Nc2cc(CN)c(F)cc2Cl)nc2cc(C(=O)N[C@H]3CC[C@H](C(F)(F)F)CC3)c(OCC(F)F)cc21. The normalized spacial score (nSPS) is 18.0. The first-order valence-electron chi connectivity index (χ1n) is 12.1. The second-order valence-electron chi connectivity index (χ2n) is 9.35. The summed E-state index contributed by atoms with van der Waals surface area (Å²) in [5.41, 5.74) is 6.73. The molecule has 0 aliphatic heterocycles. The van der Waals surface area contributed by atoms with Gasteiger partial charge in [0.25, 0.3) is 12.3 Å². The van der Waals surface area contributed by atoms with Gasteiger partial charge < -0.3 is 25.7 Å². The van der Waals surface area contributed by atoms with Gasteiger partial charge in [0, 0.05) is 31.3 Å². The van der Waals surface area contributed by atoms with Gasteiger partial charge in [0.1, 0.15) is 18.2 Å². The van der Waals surface area contributed by atoms with Crippen LogP contribution in [-0.4, -0.2) is 40.7 Å². The molecule has 1 aromatic heterocycles. The van der Waals surface area contributed by atoms with E-state index in [4.69, 9.17) is 22.1 Å². The van der Waals surface area contributed by atoms with Gasteiger partial charge >= 0.3 is 6.18 Å². The highest BCUT2D eigenvalue weighted by molar-refractivity contribution is 6.33. The first kappa shape index (κ1) is 28.8. The first-order valence-corrected chi connectivity index (χ1v) is 12.5. The van der Waals surface area contributed by atoms with Gasteiger partial charge in [0.2, 0.25) is 5.95 Å². The molecular formula is C25H26ClF6N5O2. The molecule has 1 fully saturated rings. The number of nitrogens with zero attached hydrogens (tertiary/aromatic N) is 2. The maximum Gasteiger partial charge on any atom is 0.391 e. The number of nitrogens with one attached hydrogen (secondary N) is 2. The highest BCUT2D eigenvalue weighted by Crippen LogP contribution is 2.38. The van der Waals surface area contributed by atoms with Crippen molar-refractivity contribution in [3.05, 3.63) is 46.2 Å². The van der Waals surface area contributed by atoms with E-state index in [1.54, 1.807) is 11.6 Å². The van der Waals surface area contributed by atoms with E-state index in [-0.39, 0.29) is 60.1 Å². The maximum atomic E-state index is 14.0. The molecule has 0 unspecified atom stereocenters. The number of alkyl halides is 5. The monoisotopic (exact) mass is 577 g/mol. The van der Waals surface area contributed by atoms with E-state index < -0.39 is 42.9 Å². The lowest BCUT2D eigenvalue weighted by Crippen LogP contribution is -2.40. The summed E-state index contributed by atoms with van der Waals surface area (Å²) in [5, 5.41) is 5.74. The second-order valence-corrected chi connectivity index (χ2v) is 9.76. The molecule has 4 rings (SSSR count). The van der Waals surface area contributed by atoms with Gasteiger partial charge in [-0.1, -0.05) is 11.6 Å². The third-order valence-corrected chi connectivity index (χ3v) is 7.03. The van der Waals surface area contributed by atoms with Crippen molar-refractivity contribution < 1.29 is 35.9 Å². The summed E-state index contributed by atoms with van der Waals surface area (Å²) in [6.45, 7) is -1.04. The summed E-state index contributed by atoms with van der Waals surface area (Å²) in [6, 6.07) is 4.77. The van der Waals surface area contributed by atoms with E-state index in [0.29, 0.717) is 16.7 Å². The molecule has 1 aliphatic carbocycles. The molecule has 0 spiro atoms. The van der Waals surface area contributed by atoms with E-state index in [0.717, 1.165) is 6.07 Å². The van der Waals surface area contributed by atoms with E-state index in [2.05, 4.69) is 15.6 Å². The number of hydrogen-bond acceptors (Lipinski definition) is 5. The molecular weight excluding hydrogens is 552 g/mol. The number of rotatable bonds is 8. The Morgan fingerprint density at radius 3 is 2.51 bits per heavy atom. The predicted octanol–water partition coefficient (Wildman–Crippen LogP) is 6.06. The fraction of sp³-hybridized carbons (Fsp3) is 0.440. The number of carbonyl (C=O) groups is 1. The number of aryl methyl sites for hydroxylation is 1. The van der Waals surface area contributed by atoms with Crippen LogP contribution in [0, 0.1) is 11.7 Å². The predicted molar refractivity (Wildman–Crippen MR) is 134 cm³/mol. The van der Waals surface area contributed by atoms with Crippen molar-refractivity contribution in [3.63, 3.8) is 0 Å². The van der Waals surface area contributed by atoms with Crippen molar-refractivity contribution >= 4 is 40.2 Å². The minimum atomic E-state index is -4.29. The topological polar surface area (TPSA) is 94.2 Å². The van der Waals surface area contributed by atoms with Gasteiger partial charge in [-0.3, -0.25) is 4.79 Å². The highest BCUT2D eigenvalue weighted by atomic mass is 35.5. The van der Waals surface area contributed by atoms with Crippen molar-refractivity contribution in [2.75, 3.05) is 11.9 Å². The number of carbonyl (C=O) groups excluding carboxylic acids is 1. The summed E-state index contributed by atoms with van der Waals surface area (Å²) in [4.78, 5) is 17.6.